The van der Waals surface area contributed by atoms with E-state index in [0.29, 0.717) is 34.7 Å². The van der Waals surface area contributed by atoms with Crippen LogP contribution in [0.25, 0.3) is 6.08 Å². The van der Waals surface area contributed by atoms with Gasteiger partial charge in [-0.1, -0.05) is 6.07 Å². The van der Waals surface area contributed by atoms with Crippen molar-refractivity contribution in [2.75, 3.05) is 13.7 Å². The molecule has 0 amide bonds. The summed E-state index contributed by atoms with van der Waals surface area (Å²) < 4.78 is 10.7. The first-order valence-electron chi connectivity index (χ1n) is 6.86. The number of carboxylic acids is 1. The van der Waals surface area contributed by atoms with Crippen molar-refractivity contribution in [1.29, 1.82) is 0 Å². The number of aryl methyl sites for hydroxylation is 1. The summed E-state index contributed by atoms with van der Waals surface area (Å²) in [4.78, 5) is 15.6. The second-order valence-electron chi connectivity index (χ2n) is 4.46. The molecule has 2 rings (SSSR count). The quantitative estimate of drug-likeness (QED) is 0.593. The number of aliphatic carboxylic acids is 1. The van der Waals surface area contributed by atoms with Gasteiger partial charge in [0.25, 0.3) is 0 Å². The van der Waals surface area contributed by atoms with Crippen LogP contribution in [0, 0.1) is 6.92 Å². The first-order valence-corrected chi connectivity index (χ1v) is 7.67. The van der Waals surface area contributed by atoms with Crippen molar-refractivity contribution in [2.24, 2.45) is 0 Å². The van der Waals surface area contributed by atoms with Crippen LogP contribution in [0.15, 0.2) is 28.3 Å². The maximum absolute atomic E-state index is 11.4. The number of carbonyl (C=O) groups is 1. The lowest BCUT2D eigenvalue weighted by molar-refractivity contribution is -0.131. The number of carboxylic acid groups (broad SMARTS) is 1. The molecule has 1 heterocycles. The lowest BCUT2D eigenvalue weighted by Crippen LogP contribution is -1.98. The molecule has 23 heavy (non-hydrogen) atoms. The lowest BCUT2D eigenvalue weighted by atomic mass is 10.2. The van der Waals surface area contributed by atoms with E-state index in [1.807, 2.05) is 6.92 Å². The lowest BCUT2D eigenvalue weighted by Gasteiger charge is -2.09. The summed E-state index contributed by atoms with van der Waals surface area (Å²) in [6.07, 6.45) is 1.54. The minimum atomic E-state index is -1.05. The van der Waals surface area contributed by atoms with Crippen LogP contribution in [-0.4, -0.2) is 40.0 Å². The number of thioether (sulfide) groups is 1. The Morgan fingerprint density at radius 3 is 2.78 bits per heavy atom. The van der Waals surface area contributed by atoms with Crippen molar-refractivity contribution in [3.05, 3.63) is 34.5 Å². The van der Waals surface area contributed by atoms with Gasteiger partial charge in [-0.25, -0.2) is 9.78 Å². The van der Waals surface area contributed by atoms with Crippen molar-refractivity contribution in [3.8, 4) is 11.5 Å². The minimum Gasteiger partial charge on any atom is -0.493 e. The highest BCUT2D eigenvalue weighted by molar-refractivity contribution is 8.04. The fraction of sp³-hybridized carbons (Fsp3) is 0.267. The third-order valence-corrected chi connectivity index (χ3v) is 3.65. The normalized spacial score (nSPS) is 11.3. The van der Waals surface area contributed by atoms with E-state index < -0.39 is 5.97 Å². The Labute approximate surface area is 137 Å². The number of methoxy groups -OCH3 is 1. The van der Waals surface area contributed by atoms with Crippen LogP contribution in [0.3, 0.4) is 0 Å². The first-order chi connectivity index (χ1) is 11.0. The van der Waals surface area contributed by atoms with Gasteiger partial charge in [-0.3, -0.25) is 5.10 Å². The standard InChI is InChI=1S/C15H17N3O4S/c1-4-22-11-6-5-10(7-12(11)21-3)8-13(14(19)20)23-15-16-9(2)17-18-15/h5-8H,4H2,1-3H3,(H,19,20)(H,16,17,18)/b13-8-. The van der Waals surface area contributed by atoms with E-state index >= 15 is 0 Å². The van der Waals surface area contributed by atoms with Gasteiger partial charge in [0, 0.05) is 0 Å². The molecule has 0 aliphatic rings. The average molecular weight is 335 g/mol. The Morgan fingerprint density at radius 1 is 1.43 bits per heavy atom. The van der Waals surface area contributed by atoms with E-state index in [0.717, 1.165) is 11.8 Å². The van der Waals surface area contributed by atoms with Crippen LogP contribution in [-0.2, 0) is 4.79 Å². The molecule has 0 saturated heterocycles. The molecule has 0 aliphatic heterocycles. The SMILES string of the molecule is CCOc1ccc(/C=C(\Sc2n[nH]c(C)n2)C(=O)O)cc1OC. The number of nitrogens with zero attached hydrogens (tertiary/aromatic N) is 2. The molecule has 1 aromatic carbocycles. The van der Waals surface area contributed by atoms with Gasteiger partial charge in [-0.2, -0.15) is 0 Å². The maximum Gasteiger partial charge on any atom is 0.342 e. The Hall–Kier alpha value is -2.48. The van der Waals surface area contributed by atoms with Crippen molar-refractivity contribution in [1.82, 2.24) is 15.2 Å². The van der Waals surface area contributed by atoms with Gasteiger partial charge in [0.1, 0.15) is 10.7 Å². The topological polar surface area (TPSA) is 97.3 Å². The van der Waals surface area contributed by atoms with Crippen molar-refractivity contribution in [3.63, 3.8) is 0 Å². The zero-order chi connectivity index (χ0) is 16.8. The number of aromatic nitrogens is 3. The summed E-state index contributed by atoms with van der Waals surface area (Å²) in [7, 11) is 1.54. The molecular formula is C15H17N3O4S. The van der Waals surface area contributed by atoms with Crippen LogP contribution in [0.5, 0.6) is 11.5 Å². The van der Waals surface area contributed by atoms with Gasteiger partial charge in [-0.05, 0) is 49.4 Å². The molecule has 2 aromatic rings. The summed E-state index contributed by atoms with van der Waals surface area (Å²) in [5.41, 5.74) is 0.683. The number of hydrogen-bond acceptors (Lipinski definition) is 6. The molecule has 0 fully saturated rings. The van der Waals surface area contributed by atoms with E-state index in [2.05, 4.69) is 15.2 Å². The third-order valence-electron chi connectivity index (χ3n) is 2.77. The van der Waals surface area contributed by atoms with Gasteiger partial charge in [-0.15, -0.1) is 5.10 Å². The predicted molar refractivity (Wildman–Crippen MR) is 86.8 cm³/mol. The fourth-order valence-corrected chi connectivity index (χ4v) is 2.55. The van der Waals surface area contributed by atoms with Crippen LogP contribution < -0.4 is 9.47 Å². The highest BCUT2D eigenvalue weighted by Crippen LogP contribution is 2.31. The molecule has 1 aromatic heterocycles. The number of rotatable bonds is 7. The van der Waals surface area contributed by atoms with E-state index in [-0.39, 0.29) is 4.91 Å². The molecule has 8 heteroatoms. The van der Waals surface area contributed by atoms with Crippen molar-refractivity contribution >= 4 is 23.8 Å². The summed E-state index contributed by atoms with van der Waals surface area (Å²) >= 11 is 0.976. The maximum atomic E-state index is 11.4. The minimum absolute atomic E-state index is 0.107. The van der Waals surface area contributed by atoms with E-state index in [9.17, 15) is 9.90 Å². The van der Waals surface area contributed by atoms with Crippen LogP contribution >= 0.6 is 11.8 Å². The van der Waals surface area contributed by atoms with Gasteiger partial charge in [0.05, 0.1) is 13.7 Å². The molecule has 7 nitrogen and oxygen atoms in total. The Bertz CT molecular complexity index is 727. The third kappa shape index (κ3) is 4.49. The second-order valence-corrected chi connectivity index (χ2v) is 5.47. The molecule has 0 unspecified atom stereocenters. The molecule has 0 radical (unpaired) electrons. The highest BCUT2D eigenvalue weighted by Gasteiger charge is 2.14. The largest absolute Gasteiger partial charge is 0.493 e. The molecule has 0 atom stereocenters. The fourth-order valence-electron chi connectivity index (χ4n) is 1.80. The Balaban J connectivity index is 2.29. The molecule has 0 bridgehead atoms. The monoisotopic (exact) mass is 335 g/mol. The van der Waals surface area contributed by atoms with Gasteiger partial charge < -0.3 is 14.6 Å². The van der Waals surface area contributed by atoms with Gasteiger partial charge >= 0.3 is 5.97 Å². The van der Waals surface area contributed by atoms with E-state index in [1.165, 1.54) is 13.2 Å². The molecule has 0 spiro atoms. The molecule has 122 valence electrons. The van der Waals surface area contributed by atoms with Crippen molar-refractivity contribution in [2.45, 2.75) is 19.0 Å². The van der Waals surface area contributed by atoms with Gasteiger partial charge in [0.15, 0.2) is 11.5 Å². The number of benzene rings is 1. The summed E-state index contributed by atoms with van der Waals surface area (Å²) in [6, 6.07) is 5.23. The van der Waals surface area contributed by atoms with E-state index in [4.69, 9.17) is 9.47 Å². The number of aromatic amines is 1. The summed E-state index contributed by atoms with van der Waals surface area (Å²) in [5, 5.41) is 16.3. The van der Waals surface area contributed by atoms with E-state index in [1.54, 1.807) is 25.1 Å². The first kappa shape index (κ1) is 16.9. The molecular weight excluding hydrogens is 318 g/mol. The number of ether oxygens (including phenoxy) is 2. The molecule has 2 N–H and O–H groups in total. The number of nitrogens with one attached hydrogen (secondary N) is 1. The number of hydrogen-bond donors (Lipinski definition) is 2. The molecule has 0 saturated carbocycles. The Morgan fingerprint density at radius 2 is 2.22 bits per heavy atom. The second kappa shape index (κ2) is 7.68. The van der Waals surface area contributed by atoms with Crippen LogP contribution in [0.2, 0.25) is 0 Å². The van der Waals surface area contributed by atoms with Gasteiger partial charge in [0.2, 0.25) is 5.16 Å². The highest BCUT2D eigenvalue weighted by atomic mass is 32.2. The van der Waals surface area contributed by atoms with Crippen molar-refractivity contribution < 1.29 is 19.4 Å². The predicted octanol–water partition coefficient (Wildman–Crippen LogP) is 2.74. The zero-order valence-corrected chi connectivity index (χ0v) is 13.8. The number of H-pyrrole nitrogens is 1. The van der Waals surface area contributed by atoms with Crippen LogP contribution in [0.4, 0.5) is 0 Å². The summed E-state index contributed by atoms with van der Waals surface area (Å²) in [6.45, 7) is 4.15. The smallest absolute Gasteiger partial charge is 0.342 e. The molecule has 0 aliphatic carbocycles. The zero-order valence-electron chi connectivity index (χ0n) is 13.0. The summed E-state index contributed by atoms with van der Waals surface area (Å²) in [5.74, 6) is 0.732. The Kier molecular flexibility index (Phi) is 5.64. The average Bonchev–Trinajstić information content (AvgIpc) is 2.93. The van der Waals surface area contributed by atoms with Crippen LogP contribution in [0.1, 0.15) is 18.3 Å².